The third-order valence-corrected chi connectivity index (χ3v) is 2.64. The van der Waals surface area contributed by atoms with Crippen molar-refractivity contribution < 1.29 is 19.4 Å². The van der Waals surface area contributed by atoms with Gasteiger partial charge in [0, 0.05) is 32.1 Å². The average Bonchev–Trinajstić information content (AvgIpc) is 2.17. The molecule has 1 atom stereocenters. The molecule has 1 unspecified atom stereocenters. The summed E-state index contributed by atoms with van der Waals surface area (Å²) in [6.07, 6.45) is 2.02. The molecule has 0 bridgehead atoms. The van der Waals surface area contributed by atoms with Gasteiger partial charge < -0.3 is 15.2 Å². The van der Waals surface area contributed by atoms with Crippen LogP contribution in [0.3, 0.4) is 0 Å². The Labute approximate surface area is 95.2 Å². The molecule has 5 nitrogen and oxygen atoms in total. The van der Waals surface area contributed by atoms with E-state index in [2.05, 4.69) is 5.32 Å². The van der Waals surface area contributed by atoms with E-state index < -0.39 is 5.97 Å². The summed E-state index contributed by atoms with van der Waals surface area (Å²) >= 11 is 0. The van der Waals surface area contributed by atoms with Crippen molar-refractivity contribution in [1.29, 1.82) is 0 Å². The largest absolute Gasteiger partial charge is 0.481 e. The molecule has 1 rings (SSSR count). The summed E-state index contributed by atoms with van der Waals surface area (Å²) in [6.45, 7) is 3.16. The van der Waals surface area contributed by atoms with Gasteiger partial charge in [0.15, 0.2) is 0 Å². The molecule has 5 heteroatoms. The van der Waals surface area contributed by atoms with E-state index in [-0.39, 0.29) is 30.7 Å². The molecule has 0 aromatic rings. The molecule has 0 aromatic carbocycles. The fourth-order valence-electron chi connectivity index (χ4n) is 1.82. The van der Waals surface area contributed by atoms with Gasteiger partial charge in [0.25, 0.3) is 0 Å². The Morgan fingerprint density at radius 2 is 2.00 bits per heavy atom. The quantitative estimate of drug-likeness (QED) is 0.730. The maximum Gasteiger partial charge on any atom is 0.303 e. The molecule has 1 heterocycles. The van der Waals surface area contributed by atoms with E-state index in [1.165, 1.54) is 0 Å². The minimum atomic E-state index is -0.855. The van der Waals surface area contributed by atoms with Crippen LogP contribution in [0.15, 0.2) is 0 Å². The number of nitrogens with one attached hydrogen (secondary N) is 1. The highest BCUT2D eigenvalue weighted by Gasteiger charge is 2.18. The highest BCUT2D eigenvalue weighted by Crippen LogP contribution is 2.10. The topological polar surface area (TPSA) is 75.6 Å². The Morgan fingerprint density at radius 1 is 1.38 bits per heavy atom. The molecule has 16 heavy (non-hydrogen) atoms. The predicted octanol–water partition coefficient (Wildman–Crippen LogP) is 0.782. The first-order valence-electron chi connectivity index (χ1n) is 5.67. The van der Waals surface area contributed by atoms with E-state index in [4.69, 9.17) is 9.84 Å². The van der Waals surface area contributed by atoms with Crippen LogP contribution in [-0.2, 0) is 14.3 Å². The molecule has 0 aromatic heterocycles. The molecule has 1 saturated heterocycles. The number of aliphatic carboxylic acids is 1. The van der Waals surface area contributed by atoms with Crippen molar-refractivity contribution in [3.8, 4) is 0 Å². The van der Waals surface area contributed by atoms with E-state index in [1.807, 2.05) is 0 Å². The predicted molar refractivity (Wildman–Crippen MR) is 58.0 cm³/mol. The normalized spacial score (nSPS) is 19.1. The average molecular weight is 229 g/mol. The zero-order valence-corrected chi connectivity index (χ0v) is 9.57. The van der Waals surface area contributed by atoms with Gasteiger partial charge in [-0.05, 0) is 18.8 Å². The second kappa shape index (κ2) is 6.48. The van der Waals surface area contributed by atoms with Gasteiger partial charge in [-0.3, -0.25) is 9.59 Å². The van der Waals surface area contributed by atoms with Gasteiger partial charge in [0.2, 0.25) is 5.91 Å². The standard InChI is InChI=1S/C11H19NO4/c1-8(7-11(14)15)6-10(13)12-9-2-4-16-5-3-9/h8-9H,2-7H2,1H3,(H,12,13)(H,14,15). The molecule has 1 aliphatic rings. The molecule has 0 aliphatic carbocycles. The van der Waals surface area contributed by atoms with Crippen LogP contribution in [0.25, 0.3) is 0 Å². The Hall–Kier alpha value is -1.10. The summed E-state index contributed by atoms with van der Waals surface area (Å²) in [6, 6.07) is 0.193. The number of hydrogen-bond donors (Lipinski definition) is 2. The van der Waals surface area contributed by atoms with Gasteiger partial charge in [0.05, 0.1) is 0 Å². The lowest BCUT2D eigenvalue weighted by molar-refractivity contribution is -0.138. The Balaban J connectivity index is 2.21. The smallest absolute Gasteiger partial charge is 0.303 e. The first-order valence-corrected chi connectivity index (χ1v) is 5.67. The van der Waals surface area contributed by atoms with E-state index >= 15 is 0 Å². The molecule has 1 fully saturated rings. The van der Waals surface area contributed by atoms with Gasteiger partial charge in [-0.1, -0.05) is 6.92 Å². The van der Waals surface area contributed by atoms with Gasteiger partial charge in [-0.25, -0.2) is 0 Å². The first-order chi connectivity index (χ1) is 7.58. The van der Waals surface area contributed by atoms with Gasteiger partial charge in [-0.15, -0.1) is 0 Å². The monoisotopic (exact) mass is 229 g/mol. The number of ether oxygens (including phenoxy) is 1. The molecular weight excluding hydrogens is 210 g/mol. The maximum atomic E-state index is 11.6. The van der Waals surface area contributed by atoms with E-state index in [0.717, 1.165) is 12.8 Å². The van der Waals surface area contributed by atoms with Crippen molar-refractivity contribution >= 4 is 11.9 Å². The van der Waals surface area contributed by atoms with Crippen molar-refractivity contribution in [2.75, 3.05) is 13.2 Å². The van der Waals surface area contributed by atoms with Crippen LogP contribution in [0, 0.1) is 5.92 Å². The van der Waals surface area contributed by atoms with Crippen LogP contribution in [0.1, 0.15) is 32.6 Å². The van der Waals surface area contributed by atoms with Crippen LogP contribution < -0.4 is 5.32 Å². The highest BCUT2D eigenvalue weighted by molar-refractivity contribution is 5.77. The second-order valence-electron chi connectivity index (χ2n) is 4.36. The summed E-state index contributed by atoms with van der Waals surface area (Å²) in [5, 5.41) is 11.5. The van der Waals surface area contributed by atoms with E-state index in [1.54, 1.807) is 6.92 Å². The molecule has 0 spiro atoms. The van der Waals surface area contributed by atoms with Crippen LogP contribution >= 0.6 is 0 Å². The maximum absolute atomic E-state index is 11.6. The van der Waals surface area contributed by atoms with E-state index in [0.29, 0.717) is 13.2 Å². The molecule has 0 radical (unpaired) electrons. The van der Waals surface area contributed by atoms with Gasteiger partial charge >= 0.3 is 5.97 Å². The number of hydrogen-bond acceptors (Lipinski definition) is 3. The number of amides is 1. The van der Waals surface area contributed by atoms with Crippen molar-refractivity contribution in [2.45, 2.75) is 38.6 Å². The number of carboxylic acids is 1. The van der Waals surface area contributed by atoms with Gasteiger partial charge in [0.1, 0.15) is 0 Å². The molecule has 1 aliphatic heterocycles. The molecule has 92 valence electrons. The summed E-state index contributed by atoms with van der Waals surface area (Å²) < 4.78 is 5.19. The Bertz CT molecular complexity index is 248. The fourth-order valence-corrected chi connectivity index (χ4v) is 1.82. The third-order valence-electron chi connectivity index (χ3n) is 2.64. The SMILES string of the molecule is CC(CC(=O)O)CC(=O)NC1CCOCC1. The Kier molecular flexibility index (Phi) is 5.25. The summed E-state index contributed by atoms with van der Waals surface area (Å²) in [5.74, 6) is -1.02. The van der Waals surface area contributed by atoms with Crippen molar-refractivity contribution in [3.05, 3.63) is 0 Å². The van der Waals surface area contributed by atoms with Crippen molar-refractivity contribution in [2.24, 2.45) is 5.92 Å². The van der Waals surface area contributed by atoms with Crippen molar-refractivity contribution in [1.82, 2.24) is 5.32 Å². The van der Waals surface area contributed by atoms with Crippen LogP contribution in [0.5, 0.6) is 0 Å². The van der Waals surface area contributed by atoms with Crippen LogP contribution in [-0.4, -0.2) is 36.2 Å². The summed E-state index contributed by atoms with van der Waals surface area (Å²) in [4.78, 5) is 22.0. The molecular formula is C11H19NO4. The number of rotatable bonds is 5. The second-order valence-corrected chi connectivity index (χ2v) is 4.36. The van der Waals surface area contributed by atoms with Crippen LogP contribution in [0.4, 0.5) is 0 Å². The first kappa shape index (κ1) is 13.0. The zero-order chi connectivity index (χ0) is 12.0. The molecule has 2 N–H and O–H groups in total. The number of carboxylic acid groups (broad SMARTS) is 1. The lowest BCUT2D eigenvalue weighted by atomic mass is 10.0. The summed E-state index contributed by atoms with van der Waals surface area (Å²) in [7, 11) is 0. The minimum absolute atomic E-state index is 0.0429. The van der Waals surface area contributed by atoms with Gasteiger partial charge in [-0.2, -0.15) is 0 Å². The zero-order valence-electron chi connectivity index (χ0n) is 9.57. The number of carbonyl (C=O) groups excluding carboxylic acids is 1. The van der Waals surface area contributed by atoms with Crippen LogP contribution in [0.2, 0.25) is 0 Å². The fraction of sp³-hybridized carbons (Fsp3) is 0.818. The lowest BCUT2D eigenvalue weighted by Gasteiger charge is -2.23. The summed E-state index contributed by atoms with van der Waals surface area (Å²) in [5.41, 5.74) is 0. The minimum Gasteiger partial charge on any atom is -0.481 e. The van der Waals surface area contributed by atoms with Crippen molar-refractivity contribution in [3.63, 3.8) is 0 Å². The molecule has 1 amide bonds. The Morgan fingerprint density at radius 3 is 2.56 bits per heavy atom. The number of carbonyl (C=O) groups is 2. The van der Waals surface area contributed by atoms with E-state index in [9.17, 15) is 9.59 Å². The molecule has 0 saturated carbocycles. The lowest BCUT2D eigenvalue weighted by Crippen LogP contribution is -2.39. The highest BCUT2D eigenvalue weighted by atomic mass is 16.5. The third kappa shape index (κ3) is 5.11.